The fraction of sp³-hybridized carbons (Fsp3) is 0.875. The first kappa shape index (κ1) is 11.8. The van der Waals surface area contributed by atoms with Crippen molar-refractivity contribution in [1.29, 1.82) is 0 Å². The molecular weight excluding hydrogens is 178 g/mol. The van der Waals surface area contributed by atoms with Gasteiger partial charge in [0, 0.05) is 0 Å². The number of carboxylic acids is 1. The first-order valence-electron chi connectivity index (χ1n) is 4.22. The molecule has 0 saturated carbocycles. The van der Waals surface area contributed by atoms with E-state index in [-0.39, 0.29) is 0 Å². The van der Waals surface area contributed by atoms with Crippen molar-refractivity contribution in [3.8, 4) is 0 Å². The molecule has 0 saturated heterocycles. The van der Waals surface area contributed by atoms with Crippen molar-refractivity contribution in [2.75, 3.05) is 6.16 Å². The van der Waals surface area contributed by atoms with Gasteiger partial charge in [0.25, 0.3) is 0 Å². The van der Waals surface area contributed by atoms with Crippen LogP contribution in [-0.2, 0) is 4.79 Å². The number of hydrogen-bond donors (Lipinski definition) is 1. The summed E-state index contributed by atoms with van der Waals surface area (Å²) < 4.78 is 13.4. The van der Waals surface area contributed by atoms with E-state index in [0.29, 0.717) is 19.0 Å². The number of aliphatic carboxylic acids is 1. The molecule has 0 aliphatic heterocycles. The van der Waals surface area contributed by atoms with Crippen LogP contribution in [0.2, 0.25) is 0 Å². The molecule has 0 spiro atoms. The molecule has 0 aromatic rings. The van der Waals surface area contributed by atoms with Gasteiger partial charge in [-0.05, 0) is 19.0 Å². The van der Waals surface area contributed by atoms with Crippen LogP contribution >= 0.6 is 8.23 Å². The Labute approximate surface area is 74.0 Å². The summed E-state index contributed by atoms with van der Waals surface area (Å²) in [6.45, 7) is 5.18. The maximum absolute atomic E-state index is 13.4. The van der Waals surface area contributed by atoms with Gasteiger partial charge in [0.15, 0.2) is 0 Å². The van der Waals surface area contributed by atoms with Crippen molar-refractivity contribution in [3.63, 3.8) is 0 Å². The van der Waals surface area contributed by atoms with Crippen molar-refractivity contribution < 1.29 is 14.1 Å². The van der Waals surface area contributed by atoms with E-state index in [4.69, 9.17) is 5.11 Å². The van der Waals surface area contributed by atoms with E-state index < -0.39 is 19.4 Å². The molecule has 0 rings (SSSR count). The number of halogens is 1. The van der Waals surface area contributed by atoms with E-state index in [2.05, 4.69) is 0 Å². The number of rotatable bonds is 5. The average molecular weight is 194 g/mol. The second-order valence-electron chi connectivity index (χ2n) is 2.72. The Hall–Kier alpha value is -0.170. The van der Waals surface area contributed by atoms with Crippen LogP contribution in [0.15, 0.2) is 0 Å². The molecule has 0 fully saturated rings. The molecule has 1 N–H and O–H groups in total. The van der Waals surface area contributed by atoms with Crippen LogP contribution in [0.4, 0.5) is 4.20 Å². The van der Waals surface area contributed by atoms with Crippen molar-refractivity contribution in [1.82, 2.24) is 0 Å². The lowest BCUT2D eigenvalue weighted by Crippen LogP contribution is -2.34. The quantitative estimate of drug-likeness (QED) is 0.683. The summed E-state index contributed by atoms with van der Waals surface area (Å²) >= 11 is 0. The van der Waals surface area contributed by atoms with Gasteiger partial charge in [-0.1, -0.05) is 20.8 Å². The van der Waals surface area contributed by atoms with Crippen LogP contribution in [0.25, 0.3) is 0 Å². The lowest BCUT2D eigenvalue weighted by Gasteiger charge is -2.28. The van der Waals surface area contributed by atoms with Gasteiger partial charge < -0.3 is 5.11 Å². The average Bonchev–Trinajstić information content (AvgIpc) is 2.06. The summed E-state index contributed by atoms with van der Waals surface area (Å²) in [6.07, 6.45) is 1.10. The topological polar surface area (TPSA) is 37.3 Å². The highest BCUT2D eigenvalue weighted by Crippen LogP contribution is 2.54. The molecule has 1 atom stereocenters. The SMILES string of the molecule is CCP(F)C(CC)(CC)C(=O)O. The van der Waals surface area contributed by atoms with E-state index in [1.54, 1.807) is 20.8 Å². The summed E-state index contributed by atoms with van der Waals surface area (Å²) in [6, 6.07) is 0. The van der Waals surface area contributed by atoms with Crippen LogP contribution in [0.1, 0.15) is 33.6 Å². The Morgan fingerprint density at radius 2 is 1.83 bits per heavy atom. The van der Waals surface area contributed by atoms with Gasteiger partial charge >= 0.3 is 5.97 Å². The van der Waals surface area contributed by atoms with Crippen LogP contribution < -0.4 is 0 Å². The highest BCUT2D eigenvalue weighted by Gasteiger charge is 2.42. The van der Waals surface area contributed by atoms with Gasteiger partial charge in [0.1, 0.15) is 5.16 Å². The predicted octanol–water partition coefficient (Wildman–Crippen LogP) is 3.02. The molecule has 0 aliphatic rings. The summed E-state index contributed by atoms with van der Waals surface area (Å²) in [5, 5.41) is 7.81. The van der Waals surface area contributed by atoms with Crippen molar-refractivity contribution in [2.24, 2.45) is 0 Å². The normalized spacial score (nSPS) is 14.3. The van der Waals surface area contributed by atoms with Gasteiger partial charge in [-0.25, -0.2) is 4.20 Å². The lowest BCUT2D eigenvalue weighted by atomic mass is 10.0. The zero-order valence-electron chi connectivity index (χ0n) is 7.80. The summed E-state index contributed by atoms with van der Waals surface area (Å²) in [5.41, 5.74) is 0. The largest absolute Gasteiger partial charge is 0.480 e. The fourth-order valence-corrected chi connectivity index (χ4v) is 2.80. The summed E-state index contributed by atoms with van der Waals surface area (Å²) in [5.74, 6) is -0.983. The zero-order valence-corrected chi connectivity index (χ0v) is 8.70. The minimum atomic E-state index is -1.87. The van der Waals surface area contributed by atoms with Gasteiger partial charge in [-0.3, -0.25) is 4.79 Å². The number of carbonyl (C=O) groups is 1. The van der Waals surface area contributed by atoms with Crippen LogP contribution in [0, 0.1) is 0 Å². The smallest absolute Gasteiger partial charge is 0.316 e. The van der Waals surface area contributed by atoms with Crippen molar-refractivity contribution in [2.45, 2.75) is 38.8 Å². The standard InChI is InChI=1S/C8H16FO2P/c1-4-8(5-2,7(10)11)12(9)6-3/h4-6H2,1-3H3,(H,10,11). The highest BCUT2D eigenvalue weighted by molar-refractivity contribution is 7.55. The second kappa shape index (κ2) is 4.76. The molecule has 1 unspecified atom stereocenters. The van der Waals surface area contributed by atoms with E-state index in [1.165, 1.54) is 0 Å². The zero-order chi connectivity index (χ0) is 9.78. The van der Waals surface area contributed by atoms with Crippen molar-refractivity contribution in [3.05, 3.63) is 0 Å². The molecule has 0 aromatic carbocycles. The van der Waals surface area contributed by atoms with E-state index in [9.17, 15) is 8.99 Å². The Balaban J connectivity index is 4.68. The lowest BCUT2D eigenvalue weighted by molar-refractivity contribution is -0.140. The fourth-order valence-electron chi connectivity index (χ4n) is 1.30. The van der Waals surface area contributed by atoms with E-state index in [1.807, 2.05) is 0 Å². The van der Waals surface area contributed by atoms with E-state index >= 15 is 0 Å². The van der Waals surface area contributed by atoms with Gasteiger partial charge in [0.2, 0.25) is 0 Å². The van der Waals surface area contributed by atoms with Crippen LogP contribution in [0.5, 0.6) is 0 Å². The monoisotopic (exact) mass is 194 g/mol. The molecule has 0 heterocycles. The molecule has 0 radical (unpaired) electrons. The maximum atomic E-state index is 13.4. The summed E-state index contributed by atoms with van der Waals surface area (Å²) in [4.78, 5) is 10.9. The molecular formula is C8H16FO2P. The minimum Gasteiger partial charge on any atom is -0.480 e. The minimum absolute atomic E-state index is 0.337. The first-order valence-corrected chi connectivity index (χ1v) is 5.63. The molecule has 0 aliphatic carbocycles. The molecule has 0 bridgehead atoms. The third-order valence-electron chi connectivity index (χ3n) is 2.31. The molecule has 4 heteroatoms. The van der Waals surface area contributed by atoms with E-state index in [0.717, 1.165) is 0 Å². The molecule has 72 valence electrons. The summed E-state index contributed by atoms with van der Waals surface area (Å²) in [7, 11) is -1.87. The first-order chi connectivity index (χ1) is 5.55. The predicted molar refractivity (Wildman–Crippen MR) is 49.5 cm³/mol. The Kier molecular flexibility index (Phi) is 4.69. The third kappa shape index (κ3) is 1.95. The van der Waals surface area contributed by atoms with Crippen molar-refractivity contribution >= 4 is 14.2 Å². The maximum Gasteiger partial charge on any atom is 0.316 e. The number of carboxylic acid groups (broad SMARTS) is 1. The van der Waals surface area contributed by atoms with Gasteiger partial charge in [-0.2, -0.15) is 0 Å². The Bertz CT molecular complexity index is 157. The third-order valence-corrected chi connectivity index (χ3v) is 4.62. The molecule has 2 nitrogen and oxygen atoms in total. The van der Waals surface area contributed by atoms with Gasteiger partial charge in [0.05, 0.1) is 8.23 Å². The highest BCUT2D eigenvalue weighted by atomic mass is 31.2. The van der Waals surface area contributed by atoms with Gasteiger partial charge in [-0.15, -0.1) is 0 Å². The Morgan fingerprint density at radius 3 is 1.92 bits per heavy atom. The molecule has 0 aromatic heterocycles. The second-order valence-corrected chi connectivity index (χ2v) is 4.94. The molecule has 12 heavy (non-hydrogen) atoms. The van der Waals surface area contributed by atoms with Crippen LogP contribution in [0.3, 0.4) is 0 Å². The molecule has 0 amide bonds. The van der Waals surface area contributed by atoms with Crippen LogP contribution in [-0.4, -0.2) is 22.4 Å². The Morgan fingerprint density at radius 1 is 1.42 bits per heavy atom. The number of hydrogen-bond acceptors (Lipinski definition) is 1.